The Morgan fingerprint density at radius 3 is 2.35 bits per heavy atom. The second kappa shape index (κ2) is 9.80. The highest BCUT2D eigenvalue weighted by Crippen LogP contribution is 2.24. The van der Waals surface area contributed by atoms with Crippen LogP contribution in [-0.2, 0) is 9.59 Å². The van der Waals surface area contributed by atoms with E-state index in [4.69, 9.17) is 23.2 Å². The number of rotatable bonds is 5. The summed E-state index contributed by atoms with van der Waals surface area (Å²) in [5.74, 6) is 0.584. The number of amides is 2. The maximum absolute atomic E-state index is 12.9. The van der Waals surface area contributed by atoms with Gasteiger partial charge in [0.1, 0.15) is 0 Å². The summed E-state index contributed by atoms with van der Waals surface area (Å²) in [4.78, 5) is 40.1. The monoisotopic (exact) mass is 462 g/mol. The zero-order valence-electron chi connectivity index (χ0n) is 17.0. The number of carbonyl (C=O) groups is 2. The molecule has 2 aliphatic rings. The van der Waals surface area contributed by atoms with Gasteiger partial charge in [0.25, 0.3) is 0 Å². The van der Waals surface area contributed by atoms with Gasteiger partial charge in [-0.25, -0.2) is 9.97 Å². The summed E-state index contributed by atoms with van der Waals surface area (Å²) in [5.41, 5.74) is 0.555. The van der Waals surface area contributed by atoms with Crippen molar-refractivity contribution in [3.8, 4) is 0 Å². The van der Waals surface area contributed by atoms with E-state index in [1.807, 2.05) is 9.80 Å². The number of carbonyl (C=O) groups excluding carboxylic acids is 2. The molecule has 0 radical (unpaired) electrons. The number of nitrogens with zero attached hydrogens (tertiary/aromatic N) is 5. The number of hydrogen-bond donors (Lipinski definition) is 1. The lowest BCUT2D eigenvalue weighted by atomic mass is 10.2. The molecule has 8 nitrogen and oxygen atoms in total. The van der Waals surface area contributed by atoms with Crippen LogP contribution in [0.2, 0.25) is 10.0 Å². The molecule has 31 heavy (non-hydrogen) atoms. The fraction of sp³-hybridized carbons (Fsp3) is 0.429. The van der Waals surface area contributed by atoms with Crippen LogP contribution in [0.3, 0.4) is 0 Å². The molecule has 10 heteroatoms. The van der Waals surface area contributed by atoms with Crippen LogP contribution in [-0.4, -0.2) is 76.9 Å². The van der Waals surface area contributed by atoms with Crippen molar-refractivity contribution in [1.82, 2.24) is 19.8 Å². The fourth-order valence-electron chi connectivity index (χ4n) is 4.05. The summed E-state index contributed by atoms with van der Waals surface area (Å²) < 4.78 is 0. The number of likely N-dealkylation sites (tertiary alicyclic amines) is 1. The van der Waals surface area contributed by atoms with E-state index in [0.717, 1.165) is 13.0 Å². The van der Waals surface area contributed by atoms with E-state index in [2.05, 4.69) is 20.2 Å². The van der Waals surface area contributed by atoms with Crippen molar-refractivity contribution in [2.75, 3.05) is 49.5 Å². The van der Waals surface area contributed by atoms with E-state index in [-0.39, 0.29) is 24.4 Å². The molecule has 1 aromatic heterocycles. The number of halogens is 2. The van der Waals surface area contributed by atoms with Gasteiger partial charge in [0.05, 0.1) is 12.6 Å². The zero-order valence-corrected chi connectivity index (χ0v) is 18.5. The number of nitrogens with one attached hydrogen (secondary N) is 1. The van der Waals surface area contributed by atoms with Gasteiger partial charge >= 0.3 is 0 Å². The number of aromatic nitrogens is 2. The first-order chi connectivity index (χ1) is 15.0. The molecule has 2 aromatic rings. The molecule has 3 heterocycles. The molecule has 0 aliphatic carbocycles. The number of hydrogen-bond acceptors (Lipinski definition) is 6. The van der Waals surface area contributed by atoms with Gasteiger partial charge in [0.2, 0.25) is 17.8 Å². The molecule has 4 rings (SSSR count). The third-order valence-electron chi connectivity index (χ3n) is 5.60. The molecule has 0 saturated carbocycles. The quantitative estimate of drug-likeness (QED) is 0.734. The molecule has 1 unspecified atom stereocenters. The van der Waals surface area contributed by atoms with Crippen molar-refractivity contribution >= 4 is 46.7 Å². The topological polar surface area (TPSA) is 81.7 Å². The van der Waals surface area contributed by atoms with Crippen LogP contribution in [0.15, 0.2) is 36.7 Å². The third-order valence-corrected chi connectivity index (χ3v) is 6.04. The van der Waals surface area contributed by atoms with Gasteiger partial charge in [0.15, 0.2) is 0 Å². The molecule has 0 bridgehead atoms. The molecule has 164 valence electrons. The van der Waals surface area contributed by atoms with Crippen molar-refractivity contribution in [1.29, 1.82) is 0 Å². The molecular weight excluding hydrogens is 439 g/mol. The zero-order chi connectivity index (χ0) is 21.8. The SMILES string of the molecule is O=C(Nc1cc(Cl)cc(Cl)c1)C1CCCN1CC(=O)N1CCN(c2ncccn2)CC1. The number of piperazine rings is 1. The lowest BCUT2D eigenvalue weighted by molar-refractivity contribution is -0.133. The van der Waals surface area contributed by atoms with E-state index >= 15 is 0 Å². The lowest BCUT2D eigenvalue weighted by Gasteiger charge is -2.35. The summed E-state index contributed by atoms with van der Waals surface area (Å²) in [6.07, 6.45) is 5.03. The Bertz CT molecular complexity index is 916. The minimum absolute atomic E-state index is 0.0409. The fourth-order valence-corrected chi connectivity index (χ4v) is 4.57. The Labute approximate surface area is 191 Å². The van der Waals surface area contributed by atoms with E-state index in [1.54, 1.807) is 36.7 Å². The molecular formula is C21H24Cl2N6O2. The highest BCUT2D eigenvalue weighted by Gasteiger charge is 2.33. The lowest BCUT2D eigenvalue weighted by Crippen LogP contribution is -2.52. The molecule has 1 atom stereocenters. The molecule has 1 N–H and O–H groups in total. The Balaban J connectivity index is 1.31. The smallest absolute Gasteiger partial charge is 0.241 e. The number of benzene rings is 1. The largest absolute Gasteiger partial charge is 0.338 e. The van der Waals surface area contributed by atoms with E-state index < -0.39 is 0 Å². The average Bonchev–Trinajstić information content (AvgIpc) is 3.22. The van der Waals surface area contributed by atoms with Crippen LogP contribution in [0.5, 0.6) is 0 Å². The van der Waals surface area contributed by atoms with Crippen molar-refractivity contribution in [3.05, 3.63) is 46.7 Å². The Hall–Kier alpha value is -2.42. The summed E-state index contributed by atoms with van der Waals surface area (Å²) in [6.45, 7) is 3.56. The summed E-state index contributed by atoms with van der Waals surface area (Å²) in [6, 6.07) is 6.37. The first-order valence-corrected chi connectivity index (χ1v) is 11.1. The summed E-state index contributed by atoms with van der Waals surface area (Å²) in [7, 11) is 0. The van der Waals surface area contributed by atoms with Gasteiger partial charge in [-0.15, -0.1) is 0 Å². The van der Waals surface area contributed by atoms with Crippen molar-refractivity contribution in [3.63, 3.8) is 0 Å². The minimum atomic E-state index is -0.347. The van der Waals surface area contributed by atoms with Crippen LogP contribution in [0, 0.1) is 0 Å². The Morgan fingerprint density at radius 2 is 1.68 bits per heavy atom. The van der Waals surface area contributed by atoms with Crippen LogP contribution < -0.4 is 10.2 Å². The standard InChI is InChI=1S/C21H24Cl2N6O2/c22-15-11-16(23)13-17(12-15)26-20(31)18-3-1-6-29(18)14-19(30)27-7-9-28(10-8-27)21-24-4-2-5-25-21/h2,4-5,11-13,18H,1,3,6-10,14H2,(H,26,31). The maximum atomic E-state index is 12.9. The first-order valence-electron chi connectivity index (χ1n) is 10.3. The summed E-state index contributed by atoms with van der Waals surface area (Å²) >= 11 is 12.0. The maximum Gasteiger partial charge on any atom is 0.241 e. The molecule has 0 spiro atoms. The van der Waals surface area contributed by atoms with Gasteiger partial charge in [-0.3, -0.25) is 14.5 Å². The van der Waals surface area contributed by atoms with Crippen LogP contribution in [0.25, 0.3) is 0 Å². The first kappa shape index (κ1) is 21.8. The molecule has 1 aromatic carbocycles. The van der Waals surface area contributed by atoms with Crippen molar-refractivity contribution in [2.45, 2.75) is 18.9 Å². The second-order valence-corrected chi connectivity index (χ2v) is 8.57. The normalized spacial score (nSPS) is 19.5. The van der Waals surface area contributed by atoms with Gasteiger partial charge in [-0.2, -0.15) is 0 Å². The summed E-state index contributed by atoms with van der Waals surface area (Å²) in [5, 5.41) is 3.80. The Morgan fingerprint density at radius 1 is 1.00 bits per heavy atom. The molecule has 2 fully saturated rings. The molecule has 2 saturated heterocycles. The van der Waals surface area contributed by atoms with Gasteiger partial charge in [-0.1, -0.05) is 23.2 Å². The highest BCUT2D eigenvalue weighted by molar-refractivity contribution is 6.35. The van der Waals surface area contributed by atoms with Crippen LogP contribution in [0.1, 0.15) is 12.8 Å². The van der Waals surface area contributed by atoms with Crippen LogP contribution in [0.4, 0.5) is 11.6 Å². The van der Waals surface area contributed by atoms with Gasteiger partial charge in [0, 0.05) is 54.3 Å². The highest BCUT2D eigenvalue weighted by atomic mass is 35.5. The van der Waals surface area contributed by atoms with Crippen molar-refractivity contribution in [2.24, 2.45) is 0 Å². The number of anilines is 2. The van der Waals surface area contributed by atoms with E-state index in [1.165, 1.54) is 0 Å². The van der Waals surface area contributed by atoms with Gasteiger partial charge in [-0.05, 0) is 43.7 Å². The van der Waals surface area contributed by atoms with Crippen molar-refractivity contribution < 1.29 is 9.59 Å². The predicted molar refractivity (Wildman–Crippen MR) is 121 cm³/mol. The molecule has 2 aliphatic heterocycles. The van der Waals surface area contributed by atoms with Gasteiger partial charge < -0.3 is 15.1 Å². The van der Waals surface area contributed by atoms with E-state index in [9.17, 15) is 9.59 Å². The molecule has 2 amide bonds. The Kier molecular flexibility index (Phi) is 6.89. The van der Waals surface area contributed by atoms with E-state index in [0.29, 0.717) is 54.3 Å². The third kappa shape index (κ3) is 5.44. The second-order valence-electron chi connectivity index (χ2n) is 7.69. The minimum Gasteiger partial charge on any atom is -0.338 e. The average molecular weight is 463 g/mol. The predicted octanol–water partition coefficient (Wildman–Crippen LogP) is 2.54. The van der Waals surface area contributed by atoms with Crippen LogP contribution >= 0.6 is 23.2 Å².